The van der Waals surface area contributed by atoms with E-state index in [4.69, 9.17) is 5.10 Å². The largest absolute Gasteiger partial charge is 0.386 e. The van der Waals surface area contributed by atoms with E-state index >= 15 is 0 Å². The van der Waals surface area contributed by atoms with Gasteiger partial charge in [0.15, 0.2) is 0 Å². The number of carbonyl (C=O) groups is 1. The van der Waals surface area contributed by atoms with E-state index in [0.717, 1.165) is 29.7 Å². The number of anilines is 1. The molecule has 2 N–H and O–H groups in total. The van der Waals surface area contributed by atoms with E-state index in [-0.39, 0.29) is 11.4 Å². The maximum absolute atomic E-state index is 14.3. The van der Waals surface area contributed by atoms with E-state index < -0.39 is 17.2 Å². The fourth-order valence-corrected chi connectivity index (χ4v) is 4.78. The third kappa shape index (κ3) is 5.14. The fraction of sp³-hybridized carbons (Fsp3) is 0.519. The van der Waals surface area contributed by atoms with Gasteiger partial charge in [-0.3, -0.25) is 9.48 Å². The Morgan fingerprint density at radius 2 is 1.88 bits per heavy atom. The number of hydrogen-bond donors (Lipinski definition) is 2. The van der Waals surface area contributed by atoms with Crippen LogP contribution in [0.5, 0.6) is 0 Å². The van der Waals surface area contributed by atoms with Gasteiger partial charge in [0.05, 0.1) is 22.9 Å². The Morgan fingerprint density at radius 3 is 2.50 bits per heavy atom. The Bertz CT molecular complexity index is 1180. The maximum Gasteiger partial charge on any atom is 0.274 e. The van der Waals surface area contributed by atoms with Crippen LogP contribution in [0.15, 0.2) is 36.5 Å². The van der Waals surface area contributed by atoms with Crippen LogP contribution in [0.2, 0.25) is 0 Å². The summed E-state index contributed by atoms with van der Waals surface area (Å²) in [6.07, 6.45) is 7.92. The molecule has 2 aromatic heterocycles. The monoisotopic (exact) mass is 466 g/mol. The molecule has 1 aliphatic rings. The van der Waals surface area contributed by atoms with Crippen molar-refractivity contribution in [3.8, 4) is 0 Å². The van der Waals surface area contributed by atoms with Crippen LogP contribution in [-0.4, -0.2) is 25.8 Å². The normalized spacial score (nSPS) is 19.4. The zero-order valence-corrected chi connectivity index (χ0v) is 20.7. The van der Waals surface area contributed by atoms with E-state index in [9.17, 15) is 14.3 Å². The molecule has 1 aliphatic carbocycles. The second kappa shape index (κ2) is 9.10. The van der Waals surface area contributed by atoms with E-state index in [1.165, 1.54) is 33.1 Å². The molecule has 0 saturated heterocycles. The lowest BCUT2D eigenvalue weighted by Gasteiger charge is -2.27. The highest BCUT2D eigenvalue weighted by atomic mass is 19.1. The molecule has 1 saturated carbocycles. The van der Waals surface area contributed by atoms with Gasteiger partial charge < -0.3 is 10.4 Å². The highest BCUT2D eigenvalue weighted by Gasteiger charge is 2.26. The standard InChI is InChI=1S/C27H35FN4O2/c1-6-17-10-12-19(13-11-17)32-16-18-14-23(20(27(4,5)34)15-22(18)31-32)30-25(33)21-8-7-9-24(29-21)26(2,3)28/h7-9,14-17,19,34H,6,10-13H2,1-5H3,(H,30,33)/t17-,19-. The van der Waals surface area contributed by atoms with Crippen LogP contribution >= 0.6 is 0 Å². The number of benzene rings is 1. The van der Waals surface area contributed by atoms with E-state index in [1.54, 1.807) is 32.0 Å². The van der Waals surface area contributed by atoms with Gasteiger partial charge >= 0.3 is 0 Å². The molecule has 1 fully saturated rings. The minimum Gasteiger partial charge on any atom is -0.386 e. The van der Waals surface area contributed by atoms with Crippen molar-refractivity contribution in [3.63, 3.8) is 0 Å². The molecule has 6 nitrogen and oxygen atoms in total. The third-order valence-corrected chi connectivity index (χ3v) is 6.93. The number of halogens is 1. The second-order valence-electron chi connectivity index (χ2n) is 10.5. The summed E-state index contributed by atoms with van der Waals surface area (Å²) >= 11 is 0. The molecule has 34 heavy (non-hydrogen) atoms. The van der Waals surface area contributed by atoms with Crippen molar-refractivity contribution in [3.05, 3.63) is 53.5 Å². The zero-order valence-electron chi connectivity index (χ0n) is 20.7. The molecule has 1 amide bonds. The van der Waals surface area contributed by atoms with Gasteiger partial charge in [0.25, 0.3) is 5.91 Å². The number of rotatable bonds is 6. The Labute approximate surface area is 200 Å². The Kier molecular flexibility index (Phi) is 6.51. The summed E-state index contributed by atoms with van der Waals surface area (Å²) in [5, 5.41) is 19.4. The van der Waals surface area contributed by atoms with Gasteiger partial charge in [-0.1, -0.05) is 19.4 Å². The SMILES string of the molecule is CC[C@H]1CC[C@H](n2cc3cc(NC(=O)c4cccc(C(C)(C)F)n4)c(C(C)(C)O)cc3n2)CC1. The first-order valence-corrected chi connectivity index (χ1v) is 12.2. The van der Waals surface area contributed by atoms with Gasteiger partial charge in [-0.2, -0.15) is 5.10 Å². The molecule has 3 aromatic rings. The number of nitrogens with zero attached hydrogens (tertiary/aromatic N) is 3. The first-order valence-electron chi connectivity index (χ1n) is 12.2. The smallest absolute Gasteiger partial charge is 0.274 e. The van der Waals surface area contributed by atoms with Gasteiger partial charge in [0.2, 0.25) is 0 Å². The molecule has 2 heterocycles. The number of nitrogens with one attached hydrogen (secondary N) is 1. The molecule has 182 valence electrons. The molecule has 1 aromatic carbocycles. The van der Waals surface area contributed by atoms with Crippen molar-refractivity contribution >= 4 is 22.5 Å². The summed E-state index contributed by atoms with van der Waals surface area (Å²) in [6.45, 7) is 8.42. The molecule has 7 heteroatoms. The molecular weight excluding hydrogens is 431 g/mol. The van der Waals surface area contributed by atoms with Gasteiger partial charge in [0, 0.05) is 22.8 Å². The minimum atomic E-state index is -1.65. The summed E-state index contributed by atoms with van der Waals surface area (Å²) < 4.78 is 16.4. The highest BCUT2D eigenvalue weighted by Crippen LogP contribution is 2.36. The number of aromatic nitrogens is 3. The molecule has 0 atom stereocenters. The lowest BCUT2D eigenvalue weighted by Crippen LogP contribution is -2.22. The van der Waals surface area contributed by atoms with Gasteiger partial charge in [0.1, 0.15) is 11.4 Å². The van der Waals surface area contributed by atoms with Crippen molar-refractivity contribution in [1.82, 2.24) is 14.8 Å². The van der Waals surface area contributed by atoms with Crippen LogP contribution < -0.4 is 5.32 Å². The summed E-state index contributed by atoms with van der Waals surface area (Å²) in [4.78, 5) is 17.2. The first kappa shape index (κ1) is 24.3. The highest BCUT2D eigenvalue weighted by molar-refractivity contribution is 6.04. The van der Waals surface area contributed by atoms with Gasteiger partial charge in [-0.25, -0.2) is 9.37 Å². The van der Waals surface area contributed by atoms with Crippen LogP contribution in [0.25, 0.3) is 10.9 Å². The van der Waals surface area contributed by atoms with E-state index in [1.807, 2.05) is 23.0 Å². The summed E-state index contributed by atoms with van der Waals surface area (Å²) in [5.41, 5.74) is -0.701. The number of hydrogen-bond acceptors (Lipinski definition) is 4. The van der Waals surface area contributed by atoms with Crippen molar-refractivity contribution in [2.24, 2.45) is 5.92 Å². The molecule has 4 rings (SSSR count). The summed E-state index contributed by atoms with van der Waals surface area (Å²) in [6, 6.07) is 8.80. The van der Waals surface area contributed by atoms with E-state index in [2.05, 4.69) is 17.2 Å². The number of fused-ring (bicyclic) bond motifs is 1. The average Bonchev–Trinajstić information content (AvgIpc) is 3.20. The van der Waals surface area contributed by atoms with Crippen molar-refractivity contribution < 1.29 is 14.3 Å². The Morgan fingerprint density at radius 1 is 1.18 bits per heavy atom. The number of amides is 1. The molecule has 0 spiro atoms. The topological polar surface area (TPSA) is 80.0 Å². The molecular formula is C27H35FN4O2. The Balaban J connectivity index is 1.66. The predicted molar refractivity (Wildman–Crippen MR) is 133 cm³/mol. The van der Waals surface area contributed by atoms with E-state index in [0.29, 0.717) is 17.3 Å². The van der Waals surface area contributed by atoms with Crippen LogP contribution in [0, 0.1) is 5.92 Å². The molecule has 0 aliphatic heterocycles. The lowest BCUT2D eigenvalue weighted by molar-refractivity contribution is 0.0793. The van der Waals surface area contributed by atoms with Crippen molar-refractivity contribution in [1.29, 1.82) is 0 Å². The second-order valence-corrected chi connectivity index (χ2v) is 10.5. The van der Waals surface area contributed by atoms with Gasteiger partial charge in [-0.05, 0) is 83.6 Å². The lowest BCUT2D eigenvalue weighted by atomic mass is 9.85. The predicted octanol–water partition coefficient (Wildman–Crippen LogP) is 6.26. The number of alkyl halides is 1. The summed E-state index contributed by atoms with van der Waals surface area (Å²) in [7, 11) is 0. The van der Waals surface area contributed by atoms with Crippen LogP contribution in [0.3, 0.4) is 0 Å². The minimum absolute atomic E-state index is 0.119. The van der Waals surface area contributed by atoms with Crippen LogP contribution in [0.4, 0.5) is 10.1 Å². The van der Waals surface area contributed by atoms with Crippen LogP contribution in [0.1, 0.15) is 94.5 Å². The molecule has 0 bridgehead atoms. The third-order valence-electron chi connectivity index (χ3n) is 6.93. The number of carbonyl (C=O) groups excluding carboxylic acids is 1. The quantitative estimate of drug-likeness (QED) is 0.449. The number of aliphatic hydroxyl groups is 1. The fourth-order valence-electron chi connectivity index (χ4n) is 4.78. The van der Waals surface area contributed by atoms with Gasteiger partial charge in [-0.15, -0.1) is 0 Å². The molecule has 0 unspecified atom stereocenters. The Hall–Kier alpha value is -2.80. The number of pyridine rings is 1. The van der Waals surface area contributed by atoms with Crippen LogP contribution in [-0.2, 0) is 11.3 Å². The zero-order chi connectivity index (χ0) is 24.7. The average molecular weight is 467 g/mol. The first-order chi connectivity index (χ1) is 16.0. The van der Waals surface area contributed by atoms with Crippen molar-refractivity contribution in [2.75, 3.05) is 5.32 Å². The maximum atomic E-state index is 14.3. The molecule has 0 radical (unpaired) electrons. The van der Waals surface area contributed by atoms with Crippen molar-refractivity contribution in [2.45, 2.75) is 84.0 Å². The summed E-state index contributed by atoms with van der Waals surface area (Å²) in [5.74, 6) is 0.348.